The van der Waals surface area contributed by atoms with Crippen LogP contribution in [0.25, 0.3) is 0 Å². The van der Waals surface area contributed by atoms with E-state index in [-0.39, 0.29) is 18.0 Å². The Morgan fingerprint density at radius 3 is 2.71 bits per heavy atom. The zero-order chi connectivity index (χ0) is 15.4. The van der Waals surface area contributed by atoms with Gasteiger partial charge in [0.05, 0.1) is 4.92 Å². The standard InChI is InChI=1S/C14H13N3O4/c15-14(19)9-2-1-3-11(6-9)16-8-10-7-12(17(20)21)4-5-13(10)18/h1-7,16,18H,8H2,(H2,15,19). The van der Waals surface area contributed by atoms with E-state index >= 15 is 0 Å². The van der Waals surface area contributed by atoms with Crippen molar-refractivity contribution in [2.24, 2.45) is 5.73 Å². The van der Waals surface area contributed by atoms with Crippen molar-refractivity contribution in [2.75, 3.05) is 5.32 Å². The molecule has 21 heavy (non-hydrogen) atoms. The monoisotopic (exact) mass is 287 g/mol. The van der Waals surface area contributed by atoms with Crippen molar-refractivity contribution in [1.29, 1.82) is 0 Å². The van der Waals surface area contributed by atoms with Gasteiger partial charge in [-0.25, -0.2) is 0 Å². The van der Waals surface area contributed by atoms with Crippen molar-refractivity contribution >= 4 is 17.3 Å². The molecule has 0 aliphatic heterocycles. The van der Waals surface area contributed by atoms with E-state index in [0.717, 1.165) is 0 Å². The van der Waals surface area contributed by atoms with E-state index in [0.29, 0.717) is 16.8 Å². The number of phenols is 1. The number of nitro benzene ring substituents is 1. The first-order valence-electron chi connectivity index (χ1n) is 6.07. The number of benzene rings is 2. The number of nitrogens with zero attached hydrogens (tertiary/aromatic N) is 1. The molecule has 0 aromatic heterocycles. The molecule has 7 nitrogen and oxygen atoms in total. The molecule has 0 aliphatic rings. The normalized spacial score (nSPS) is 10.1. The first-order chi connectivity index (χ1) is 9.97. The van der Waals surface area contributed by atoms with Crippen molar-refractivity contribution < 1.29 is 14.8 Å². The number of carbonyl (C=O) groups is 1. The maximum atomic E-state index is 11.1. The fourth-order valence-corrected chi connectivity index (χ4v) is 1.81. The van der Waals surface area contributed by atoms with E-state index in [1.807, 2.05) is 0 Å². The summed E-state index contributed by atoms with van der Waals surface area (Å²) in [6, 6.07) is 10.3. The average Bonchev–Trinajstić information content (AvgIpc) is 2.46. The van der Waals surface area contributed by atoms with Gasteiger partial charge < -0.3 is 16.2 Å². The number of rotatable bonds is 5. The lowest BCUT2D eigenvalue weighted by atomic mass is 10.1. The molecule has 0 saturated heterocycles. The second-order valence-corrected chi connectivity index (χ2v) is 4.37. The fraction of sp³-hybridized carbons (Fsp3) is 0.0714. The van der Waals surface area contributed by atoms with Gasteiger partial charge in [-0.2, -0.15) is 0 Å². The maximum absolute atomic E-state index is 11.1. The van der Waals surface area contributed by atoms with Gasteiger partial charge in [0.15, 0.2) is 0 Å². The Bertz CT molecular complexity index is 700. The Labute approximate surface area is 120 Å². The summed E-state index contributed by atoms with van der Waals surface area (Å²) in [4.78, 5) is 21.3. The molecule has 1 amide bonds. The van der Waals surface area contributed by atoms with E-state index < -0.39 is 10.8 Å². The molecule has 0 atom stereocenters. The molecule has 0 bridgehead atoms. The molecule has 2 aromatic carbocycles. The Balaban J connectivity index is 2.16. The third kappa shape index (κ3) is 3.47. The van der Waals surface area contributed by atoms with Crippen molar-refractivity contribution in [3.05, 3.63) is 63.7 Å². The molecule has 0 heterocycles. The third-order valence-electron chi connectivity index (χ3n) is 2.90. The van der Waals surface area contributed by atoms with Crippen LogP contribution in [-0.4, -0.2) is 15.9 Å². The van der Waals surface area contributed by atoms with Crippen molar-refractivity contribution in [2.45, 2.75) is 6.54 Å². The van der Waals surface area contributed by atoms with Crippen LogP contribution in [0, 0.1) is 10.1 Å². The predicted molar refractivity (Wildman–Crippen MR) is 77.0 cm³/mol. The van der Waals surface area contributed by atoms with Crippen LogP contribution in [-0.2, 0) is 6.54 Å². The zero-order valence-corrected chi connectivity index (χ0v) is 10.9. The van der Waals surface area contributed by atoms with Crippen LogP contribution in [0.4, 0.5) is 11.4 Å². The summed E-state index contributed by atoms with van der Waals surface area (Å²) in [5.41, 5.74) is 6.44. The molecule has 2 rings (SSSR count). The van der Waals surface area contributed by atoms with Gasteiger partial charge in [0, 0.05) is 35.5 Å². The van der Waals surface area contributed by atoms with Crippen molar-refractivity contribution in [3.8, 4) is 5.75 Å². The van der Waals surface area contributed by atoms with Gasteiger partial charge in [-0.05, 0) is 24.3 Å². The minimum atomic E-state index is -0.545. The van der Waals surface area contributed by atoms with Gasteiger partial charge in [0.25, 0.3) is 5.69 Å². The largest absolute Gasteiger partial charge is 0.508 e. The molecule has 2 aromatic rings. The summed E-state index contributed by atoms with van der Waals surface area (Å²) < 4.78 is 0. The topological polar surface area (TPSA) is 118 Å². The minimum absolute atomic E-state index is 0.0424. The predicted octanol–water partition coefficient (Wildman–Crippen LogP) is 2.01. The van der Waals surface area contributed by atoms with Gasteiger partial charge in [-0.15, -0.1) is 0 Å². The van der Waals surface area contributed by atoms with Crippen LogP contribution < -0.4 is 11.1 Å². The lowest BCUT2D eigenvalue weighted by Gasteiger charge is -2.09. The Hall–Kier alpha value is -3.09. The third-order valence-corrected chi connectivity index (χ3v) is 2.90. The number of primary amides is 1. The summed E-state index contributed by atoms with van der Waals surface area (Å²) in [7, 11) is 0. The molecule has 108 valence electrons. The molecule has 0 saturated carbocycles. The quantitative estimate of drug-likeness (QED) is 0.574. The van der Waals surface area contributed by atoms with Gasteiger partial charge in [-0.1, -0.05) is 6.07 Å². The Kier molecular flexibility index (Phi) is 4.03. The van der Waals surface area contributed by atoms with Crippen LogP contribution in [0.15, 0.2) is 42.5 Å². The van der Waals surface area contributed by atoms with Crippen LogP contribution in [0.3, 0.4) is 0 Å². The number of amides is 1. The molecule has 0 radical (unpaired) electrons. The highest BCUT2D eigenvalue weighted by atomic mass is 16.6. The van der Waals surface area contributed by atoms with Crippen molar-refractivity contribution in [1.82, 2.24) is 0 Å². The highest BCUT2D eigenvalue weighted by Crippen LogP contribution is 2.24. The number of phenolic OH excluding ortho intramolecular Hbond substituents is 1. The first kappa shape index (κ1) is 14.3. The average molecular weight is 287 g/mol. The number of hydrogen-bond donors (Lipinski definition) is 3. The number of hydrogen-bond acceptors (Lipinski definition) is 5. The Morgan fingerprint density at radius 1 is 1.29 bits per heavy atom. The number of carbonyl (C=O) groups excluding carboxylic acids is 1. The number of nitro groups is 1. The van der Waals surface area contributed by atoms with E-state index in [1.165, 1.54) is 18.2 Å². The number of aromatic hydroxyl groups is 1. The fourth-order valence-electron chi connectivity index (χ4n) is 1.81. The van der Waals surface area contributed by atoms with Gasteiger partial charge in [-0.3, -0.25) is 14.9 Å². The highest BCUT2D eigenvalue weighted by Gasteiger charge is 2.10. The molecule has 0 fully saturated rings. The van der Waals surface area contributed by atoms with Gasteiger partial charge >= 0.3 is 0 Å². The summed E-state index contributed by atoms with van der Waals surface area (Å²) >= 11 is 0. The minimum Gasteiger partial charge on any atom is -0.508 e. The van der Waals surface area contributed by atoms with E-state index in [9.17, 15) is 20.0 Å². The molecule has 0 spiro atoms. The van der Waals surface area contributed by atoms with Crippen LogP contribution in [0.1, 0.15) is 15.9 Å². The van der Waals surface area contributed by atoms with Crippen LogP contribution >= 0.6 is 0 Å². The maximum Gasteiger partial charge on any atom is 0.270 e. The van der Waals surface area contributed by atoms with Crippen LogP contribution in [0.2, 0.25) is 0 Å². The second-order valence-electron chi connectivity index (χ2n) is 4.37. The lowest BCUT2D eigenvalue weighted by Crippen LogP contribution is -2.11. The molecule has 0 unspecified atom stereocenters. The SMILES string of the molecule is NC(=O)c1cccc(NCc2cc([N+](=O)[O-])ccc2O)c1. The zero-order valence-electron chi connectivity index (χ0n) is 10.9. The van der Waals surface area contributed by atoms with Crippen molar-refractivity contribution in [3.63, 3.8) is 0 Å². The molecule has 0 aliphatic carbocycles. The molecular formula is C14H13N3O4. The van der Waals surface area contributed by atoms with Gasteiger partial charge in [0.1, 0.15) is 5.75 Å². The van der Waals surface area contributed by atoms with E-state index in [1.54, 1.807) is 24.3 Å². The Morgan fingerprint density at radius 2 is 2.05 bits per heavy atom. The van der Waals surface area contributed by atoms with E-state index in [4.69, 9.17) is 5.73 Å². The molecule has 7 heteroatoms. The second kappa shape index (κ2) is 5.91. The lowest BCUT2D eigenvalue weighted by molar-refractivity contribution is -0.384. The molecular weight excluding hydrogens is 274 g/mol. The number of nitrogens with two attached hydrogens (primary N) is 1. The molecule has 4 N–H and O–H groups in total. The summed E-state index contributed by atoms with van der Waals surface area (Å²) in [6.07, 6.45) is 0. The highest BCUT2D eigenvalue weighted by molar-refractivity contribution is 5.93. The number of anilines is 1. The summed E-state index contributed by atoms with van der Waals surface area (Å²) in [5, 5.41) is 23.4. The summed E-state index contributed by atoms with van der Waals surface area (Å²) in [5.74, 6) is -0.587. The number of nitrogens with one attached hydrogen (secondary N) is 1. The smallest absolute Gasteiger partial charge is 0.270 e. The first-order valence-corrected chi connectivity index (χ1v) is 6.07. The van der Waals surface area contributed by atoms with Crippen LogP contribution in [0.5, 0.6) is 5.75 Å². The van der Waals surface area contributed by atoms with E-state index in [2.05, 4.69) is 5.32 Å². The number of non-ortho nitro benzene ring substituents is 1. The van der Waals surface area contributed by atoms with Gasteiger partial charge in [0.2, 0.25) is 5.91 Å². The summed E-state index contributed by atoms with van der Waals surface area (Å²) in [6.45, 7) is 0.176.